The lowest BCUT2D eigenvalue weighted by Gasteiger charge is -2.47. The molecule has 65 heavy (non-hydrogen) atoms. The lowest BCUT2D eigenvalue weighted by Crippen LogP contribution is -2.60. The summed E-state index contributed by atoms with van der Waals surface area (Å²) in [6, 6.07) is 12.8. The third kappa shape index (κ3) is 20.8. The highest BCUT2D eigenvalue weighted by molar-refractivity contribution is 5.73. The van der Waals surface area contributed by atoms with Crippen LogP contribution in [0.3, 0.4) is 0 Å². The molecule has 6 nitrogen and oxygen atoms in total. The van der Waals surface area contributed by atoms with E-state index in [1.165, 1.54) is 176 Å². The second-order valence-corrected chi connectivity index (χ2v) is 20.7. The minimum atomic E-state index is -0.449. The van der Waals surface area contributed by atoms with E-state index in [0.29, 0.717) is 6.42 Å². The van der Waals surface area contributed by atoms with Gasteiger partial charge in [-0.1, -0.05) is 219 Å². The molecule has 2 saturated carbocycles. The van der Waals surface area contributed by atoms with E-state index in [4.69, 9.17) is 9.47 Å². The van der Waals surface area contributed by atoms with E-state index < -0.39 is 11.1 Å². The van der Waals surface area contributed by atoms with Crippen LogP contribution in [0, 0.1) is 0 Å². The molecule has 0 saturated heterocycles. The predicted molar refractivity (Wildman–Crippen MR) is 276 cm³/mol. The molecule has 0 unspecified atom stereocenters. The summed E-state index contributed by atoms with van der Waals surface area (Å²) in [6.45, 7) is 9.10. The van der Waals surface area contributed by atoms with Crippen LogP contribution in [0.25, 0.3) is 0 Å². The van der Waals surface area contributed by atoms with E-state index in [1.54, 1.807) is 0 Å². The maximum Gasteiger partial charge on any atom is 0.413 e. The van der Waals surface area contributed by atoms with Gasteiger partial charge in [-0.3, -0.25) is 0 Å². The molecule has 0 heterocycles. The summed E-state index contributed by atoms with van der Waals surface area (Å²) < 4.78 is 12.9. The van der Waals surface area contributed by atoms with Crippen molar-refractivity contribution in [3.8, 4) is 11.5 Å². The van der Waals surface area contributed by atoms with Crippen molar-refractivity contribution in [1.82, 2.24) is 10.6 Å². The molecule has 0 aliphatic heterocycles. The number of hydrogen-bond acceptors (Lipinski definition) is 4. The van der Waals surface area contributed by atoms with Crippen LogP contribution in [-0.2, 0) is 25.7 Å². The first-order valence-electron chi connectivity index (χ1n) is 28.1. The van der Waals surface area contributed by atoms with Crippen molar-refractivity contribution in [3.05, 3.63) is 58.7 Å². The molecule has 2 aromatic rings. The minimum absolute atomic E-state index is 0.345. The Morgan fingerprint density at radius 1 is 0.415 bits per heavy atom. The number of carbonyl (C=O) groups is 2. The fourth-order valence-electron chi connectivity index (χ4n) is 11.3. The zero-order valence-corrected chi connectivity index (χ0v) is 42.7. The molecule has 6 heteroatoms. The normalized spacial score (nSPS) is 15.7. The van der Waals surface area contributed by atoms with Crippen LogP contribution < -0.4 is 20.1 Å². The standard InChI is InChI=1S/C59H98N2O4/c1-5-9-13-17-21-27-37-50-39-35-43-54(52(50)41-29-23-19-15-11-7-3)64-56(62)60-58(45-31-25-32-46-58)49-59(47-33-26-34-48-59)61-57(63)65-55-44-36-40-51(38-28-22-18-14-10-6-2)53(55)42-30-24-20-16-12-8-4/h35-36,39-40,43-44H,5-34,37-38,41-42,45-49H2,1-4H3,(H,60,62)(H,61,63). The van der Waals surface area contributed by atoms with Gasteiger partial charge in [0, 0.05) is 11.1 Å². The zero-order chi connectivity index (χ0) is 46.3. The second-order valence-electron chi connectivity index (χ2n) is 20.7. The van der Waals surface area contributed by atoms with E-state index in [-0.39, 0.29) is 12.2 Å². The van der Waals surface area contributed by atoms with Gasteiger partial charge >= 0.3 is 12.2 Å². The van der Waals surface area contributed by atoms with Gasteiger partial charge in [0.2, 0.25) is 0 Å². The average molecular weight is 899 g/mol. The highest BCUT2D eigenvalue weighted by Crippen LogP contribution is 2.42. The van der Waals surface area contributed by atoms with Crippen LogP contribution >= 0.6 is 0 Å². The monoisotopic (exact) mass is 899 g/mol. The van der Waals surface area contributed by atoms with Crippen LogP contribution in [0.15, 0.2) is 36.4 Å². The maximum absolute atomic E-state index is 14.3. The highest BCUT2D eigenvalue weighted by Gasteiger charge is 2.45. The molecule has 0 radical (unpaired) electrons. The maximum atomic E-state index is 14.3. The number of nitrogens with one attached hydrogen (secondary N) is 2. The number of carbonyl (C=O) groups excluding carboxylic acids is 2. The van der Waals surface area contributed by atoms with Crippen molar-refractivity contribution < 1.29 is 19.1 Å². The lowest BCUT2D eigenvalue weighted by atomic mass is 9.68. The molecule has 0 spiro atoms. The van der Waals surface area contributed by atoms with Crippen LogP contribution in [0.5, 0.6) is 11.5 Å². The first kappa shape index (κ1) is 54.6. The third-order valence-corrected chi connectivity index (χ3v) is 15.1. The van der Waals surface area contributed by atoms with Gasteiger partial charge in [0.05, 0.1) is 0 Å². The molecule has 0 atom stereocenters. The van der Waals surface area contributed by atoms with Crippen LogP contribution in [0.1, 0.15) is 275 Å². The second kappa shape index (κ2) is 32.6. The van der Waals surface area contributed by atoms with Crippen molar-refractivity contribution in [2.24, 2.45) is 0 Å². The summed E-state index contributed by atoms with van der Waals surface area (Å²) in [5, 5.41) is 7.05. The quantitative estimate of drug-likeness (QED) is 0.0686. The van der Waals surface area contributed by atoms with Crippen molar-refractivity contribution in [2.75, 3.05) is 0 Å². The molecule has 2 N–H and O–H groups in total. The van der Waals surface area contributed by atoms with E-state index in [9.17, 15) is 9.59 Å². The smallest absolute Gasteiger partial charge is 0.410 e. The van der Waals surface area contributed by atoms with Gasteiger partial charge in [-0.25, -0.2) is 9.59 Å². The Kier molecular flexibility index (Phi) is 27.4. The number of rotatable bonds is 34. The lowest BCUT2D eigenvalue weighted by molar-refractivity contribution is 0.107. The van der Waals surface area contributed by atoms with Crippen LogP contribution in [0.2, 0.25) is 0 Å². The molecule has 0 aromatic heterocycles. The van der Waals surface area contributed by atoms with Crippen LogP contribution in [0.4, 0.5) is 9.59 Å². The Balaban J connectivity index is 1.49. The van der Waals surface area contributed by atoms with Crippen molar-refractivity contribution in [3.63, 3.8) is 0 Å². The summed E-state index contributed by atoms with van der Waals surface area (Å²) in [5.74, 6) is 1.46. The van der Waals surface area contributed by atoms with Gasteiger partial charge in [0.1, 0.15) is 11.5 Å². The number of amides is 2. The van der Waals surface area contributed by atoms with Gasteiger partial charge in [0.15, 0.2) is 0 Å². The SMILES string of the molecule is CCCCCCCCc1cccc(OC(=O)NC2(CC3(NC(=O)Oc4cccc(CCCCCCCC)c4CCCCCCCC)CCCCC3)CCCCC2)c1CCCCCCCC. The fraction of sp³-hybridized carbons (Fsp3) is 0.763. The van der Waals surface area contributed by atoms with E-state index >= 15 is 0 Å². The number of hydrogen-bond donors (Lipinski definition) is 2. The van der Waals surface area contributed by atoms with Gasteiger partial charge in [-0.2, -0.15) is 0 Å². The summed E-state index contributed by atoms with van der Waals surface area (Å²) in [6.07, 6.45) is 44.3. The number of ether oxygens (including phenoxy) is 2. The van der Waals surface area contributed by atoms with Crippen molar-refractivity contribution >= 4 is 12.2 Å². The molecule has 2 fully saturated rings. The Hall–Kier alpha value is -3.02. The van der Waals surface area contributed by atoms with E-state index in [0.717, 1.165) is 101 Å². The molecule has 368 valence electrons. The summed E-state index contributed by atoms with van der Waals surface area (Å²) in [7, 11) is 0. The fourth-order valence-corrected chi connectivity index (χ4v) is 11.3. The molecular weight excluding hydrogens is 801 g/mol. The topological polar surface area (TPSA) is 76.7 Å². The Morgan fingerprint density at radius 3 is 1.06 bits per heavy atom. The molecule has 2 aliphatic rings. The summed E-state index contributed by atoms with van der Waals surface area (Å²) >= 11 is 0. The molecule has 0 bridgehead atoms. The first-order chi connectivity index (χ1) is 31.9. The molecule has 4 rings (SSSR count). The van der Waals surface area contributed by atoms with Crippen molar-refractivity contribution in [1.29, 1.82) is 0 Å². The molecule has 2 aliphatic carbocycles. The largest absolute Gasteiger partial charge is 0.413 e. The first-order valence-corrected chi connectivity index (χ1v) is 28.1. The number of unbranched alkanes of at least 4 members (excludes halogenated alkanes) is 20. The Bertz CT molecular complexity index is 1460. The minimum Gasteiger partial charge on any atom is -0.410 e. The van der Waals surface area contributed by atoms with Gasteiger partial charge in [0.25, 0.3) is 0 Å². The third-order valence-electron chi connectivity index (χ3n) is 15.1. The molecule has 2 amide bonds. The highest BCUT2D eigenvalue weighted by atomic mass is 16.6. The Labute approximate surface area is 399 Å². The van der Waals surface area contributed by atoms with E-state index in [2.05, 4.69) is 62.6 Å². The average Bonchev–Trinajstić information content (AvgIpc) is 3.30. The van der Waals surface area contributed by atoms with E-state index in [1.807, 2.05) is 12.1 Å². The summed E-state index contributed by atoms with van der Waals surface area (Å²) in [4.78, 5) is 28.6. The zero-order valence-electron chi connectivity index (χ0n) is 42.7. The Morgan fingerprint density at radius 2 is 0.723 bits per heavy atom. The number of benzene rings is 2. The molecular formula is C59H98N2O4. The van der Waals surface area contributed by atoms with Crippen molar-refractivity contribution in [2.45, 2.75) is 289 Å². The summed E-state index contributed by atoms with van der Waals surface area (Å²) in [5.41, 5.74) is 4.25. The van der Waals surface area contributed by atoms with Crippen LogP contribution in [-0.4, -0.2) is 23.3 Å². The number of aryl methyl sites for hydroxylation is 2. The van der Waals surface area contributed by atoms with Gasteiger partial charge in [-0.05, 0) is 118 Å². The predicted octanol–water partition coefficient (Wildman–Crippen LogP) is 18.0. The molecule has 2 aromatic carbocycles. The van der Waals surface area contributed by atoms with Gasteiger partial charge in [-0.15, -0.1) is 0 Å². The van der Waals surface area contributed by atoms with Gasteiger partial charge < -0.3 is 20.1 Å².